The molecule has 0 amide bonds. The van der Waals surface area contributed by atoms with E-state index in [-0.39, 0.29) is 0 Å². The second kappa shape index (κ2) is 7.03. The molecule has 29 heavy (non-hydrogen) atoms. The molecule has 4 aliphatic rings. The number of rotatable bonds is 5. The van der Waals surface area contributed by atoms with Crippen LogP contribution in [0.4, 0.5) is 13.2 Å². The van der Waals surface area contributed by atoms with Crippen LogP contribution >= 0.6 is 11.8 Å². The molecule has 0 saturated heterocycles. The van der Waals surface area contributed by atoms with Crippen LogP contribution in [0.2, 0.25) is 0 Å². The lowest BCUT2D eigenvalue weighted by Crippen LogP contribution is -2.47. The summed E-state index contributed by atoms with van der Waals surface area (Å²) in [5.41, 5.74) is 0.449. The lowest BCUT2D eigenvalue weighted by Gasteiger charge is -2.56. The van der Waals surface area contributed by atoms with E-state index in [9.17, 15) is 13.2 Å². The van der Waals surface area contributed by atoms with Crippen molar-refractivity contribution in [3.05, 3.63) is 41.2 Å². The lowest BCUT2D eigenvalue weighted by molar-refractivity contribution is -0.137. The average molecular weight is 422 g/mol. The quantitative estimate of drug-likeness (QED) is 0.565. The Morgan fingerprint density at radius 3 is 2.34 bits per heavy atom. The van der Waals surface area contributed by atoms with Crippen molar-refractivity contribution >= 4 is 11.8 Å². The van der Waals surface area contributed by atoms with E-state index in [1.807, 2.05) is 7.05 Å². The van der Waals surface area contributed by atoms with E-state index >= 15 is 0 Å². The highest BCUT2D eigenvalue weighted by atomic mass is 32.2. The highest BCUT2D eigenvalue weighted by Gasteiger charge is 2.51. The van der Waals surface area contributed by atoms with Crippen LogP contribution in [0.1, 0.15) is 55.5 Å². The molecule has 0 atom stereocenters. The smallest absolute Gasteiger partial charge is 0.309 e. The molecule has 1 aromatic carbocycles. The molecule has 0 N–H and O–H groups in total. The van der Waals surface area contributed by atoms with Crippen molar-refractivity contribution in [1.82, 2.24) is 14.8 Å². The zero-order valence-corrected chi connectivity index (χ0v) is 17.4. The van der Waals surface area contributed by atoms with Crippen molar-refractivity contribution in [3.63, 3.8) is 0 Å². The van der Waals surface area contributed by atoms with Gasteiger partial charge in [-0.1, -0.05) is 30.0 Å². The molecule has 0 spiro atoms. The number of hydrogen-bond donors (Lipinski definition) is 0. The molecule has 4 saturated carbocycles. The van der Waals surface area contributed by atoms with E-state index in [4.69, 9.17) is 0 Å². The van der Waals surface area contributed by atoms with Gasteiger partial charge >= 0.3 is 6.18 Å². The molecule has 0 aliphatic heterocycles. The molecular formula is C22H26F3N3S. The highest BCUT2D eigenvalue weighted by Crippen LogP contribution is 2.61. The summed E-state index contributed by atoms with van der Waals surface area (Å²) in [7, 11) is 1.99. The third-order valence-electron chi connectivity index (χ3n) is 7.25. The predicted molar refractivity (Wildman–Crippen MR) is 106 cm³/mol. The molecule has 4 aliphatic carbocycles. The minimum absolute atomic E-state index is 0.401. The SMILES string of the molecule is Cn1c(CC23CC4CC(CC(C4)C2)C3)nnc1SCc1cccc(C(F)(F)F)c1. The van der Waals surface area contributed by atoms with E-state index in [1.165, 1.54) is 62.4 Å². The molecule has 156 valence electrons. The third-order valence-corrected chi connectivity index (χ3v) is 8.34. The minimum atomic E-state index is -4.31. The van der Waals surface area contributed by atoms with Crippen LogP contribution in [0.15, 0.2) is 29.4 Å². The Balaban J connectivity index is 1.27. The summed E-state index contributed by atoms with van der Waals surface area (Å²) in [5.74, 6) is 4.20. The maximum atomic E-state index is 12.9. The van der Waals surface area contributed by atoms with E-state index < -0.39 is 11.7 Å². The first-order chi connectivity index (χ1) is 13.8. The summed E-state index contributed by atoms with van der Waals surface area (Å²) in [6.45, 7) is 0. The number of benzene rings is 1. The molecule has 0 radical (unpaired) electrons. The summed E-state index contributed by atoms with van der Waals surface area (Å²) < 4.78 is 40.8. The van der Waals surface area contributed by atoms with Gasteiger partial charge in [0.1, 0.15) is 5.82 Å². The first-order valence-corrected chi connectivity index (χ1v) is 11.5. The van der Waals surface area contributed by atoms with Crippen molar-refractivity contribution in [2.75, 3.05) is 0 Å². The Morgan fingerprint density at radius 1 is 1.07 bits per heavy atom. The zero-order chi connectivity index (χ0) is 20.2. The van der Waals surface area contributed by atoms with E-state index in [0.29, 0.717) is 16.7 Å². The molecule has 1 heterocycles. The molecule has 4 bridgehead atoms. The van der Waals surface area contributed by atoms with Gasteiger partial charge in [-0.2, -0.15) is 13.2 Å². The topological polar surface area (TPSA) is 30.7 Å². The van der Waals surface area contributed by atoms with Gasteiger partial charge in [0.15, 0.2) is 5.16 Å². The van der Waals surface area contributed by atoms with Crippen LogP contribution in [0, 0.1) is 23.2 Å². The summed E-state index contributed by atoms with van der Waals surface area (Å²) in [4.78, 5) is 0. The van der Waals surface area contributed by atoms with Crippen LogP contribution in [0.3, 0.4) is 0 Å². The van der Waals surface area contributed by atoms with Crippen molar-refractivity contribution < 1.29 is 13.2 Å². The fourth-order valence-electron chi connectivity index (χ4n) is 6.45. The Hall–Kier alpha value is -1.50. The van der Waals surface area contributed by atoms with Gasteiger partial charge in [0.2, 0.25) is 0 Å². The van der Waals surface area contributed by atoms with Gasteiger partial charge < -0.3 is 4.57 Å². The zero-order valence-electron chi connectivity index (χ0n) is 16.6. The largest absolute Gasteiger partial charge is 0.416 e. The van der Waals surface area contributed by atoms with Crippen LogP contribution in [-0.4, -0.2) is 14.8 Å². The Bertz CT molecular complexity index is 870. The van der Waals surface area contributed by atoms with E-state index in [1.54, 1.807) is 6.07 Å². The molecule has 2 aromatic rings. The van der Waals surface area contributed by atoms with Crippen molar-refractivity contribution in [3.8, 4) is 0 Å². The summed E-state index contributed by atoms with van der Waals surface area (Å²) in [6, 6.07) is 5.53. The second-order valence-electron chi connectivity index (χ2n) is 9.54. The molecule has 4 fully saturated rings. The van der Waals surface area contributed by atoms with E-state index in [2.05, 4.69) is 14.8 Å². The van der Waals surface area contributed by atoms with Crippen LogP contribution in [0.25, 0.3) is 0 Å². The second-order valence-corrected chi connectivity index (χ2v) is 10.5. The van der Waals surface area contributed by atoms with Gasteiger partial charge in [-0.15, -0.1) is 10.2 Å². The van der Waals surface area contributed by atoms with Gasteiger partial charge in [0.05, 0.1) is 5.56 Å². The monoisotopic (exact) mass is 421 g/mol. The van der Waals surface area contributed by atoms with Gasteiger partial charge in [-0.3, -0.25) is 0 Å². The summed E-state index contributed by atoms with van der Waals surface area (Å²) >= 11 is 1.45. The van der Waals surface area contributed by atoms with Gasteiger partial charge in [0.25, 0.3) is 0 Å². The Kier molecular flexibility index (Phi) is 4.72. The maximum absolute atomic E-state index is 12.9. The first-order valence-electron chi connectivity index (χ1n) is 10.5. The molecule has 0 unspecified atom stereocenters. The summed E-state index contributed by atoms with van der Waals surface area (Å²) in [5, 5.41) is 9.61. The van der Waals surface area contributed by atoms with Crippen molar-refractivity contribution in [2.24, 2.45) is 30.2 Å². The van der Waals surface area contributed by atoms with Crippen molar-refractivity contribution in [2.45, 2.75) is 62.0 Å². The maximum Gasteiger partial charge on any atom is 0.416 e. The predicted octanol–water partition coefficient (Wildman–Crippen LogP) is 5.89. The fraction of sp³-hybridized carbons (Fsp3) is 0.636. The molecule has 1 aromatic heterocycles. The van der Waals surface area contributed by atoms with Gasteiger partial charge in [-0.05, 0) is 73.3 Å². The number of thioether (sulfide) groups is 1. The van der Waals surface area contributed by atoms with Crippen molar-refractivity contribution in [1.29, 1.82) is 0 Å². The molecule has 3 nitrogen and oxygen atoms in total. The first kappa shape index (κ1) is 19.5. The number of halogens is 3. The van der Waals surface area contributed by atoms with Gasteiger partial charge in [-0.25, -0.2) is 0 Å². The molecule has 6 rings (SSSR count). The standard InChI is InChI=1S/C22H26F3N3S/c1-28-19(12-21-9-15-5-16(10-21)7-17(6-15)11-21)26-27-20(28)29-13-14-3-2-4-18(8-14)22(23,24)25/h2-4,8,15-17H,5-7,9-13H2,1H3. The van der Waals surface area contributed by atoms with Crippen LogP contribution in [-0.2, 0) is 25.4 Å². The van der Waals surface area contributed by atoms with E-state index in [0.717, 1.165) is 41.2 Å². The minimum Gasteiger partial charge on any atom is -0.309 e. The number of nitrogens with zero attached hydrogens (tertiary/aromatic N) is 3. The fourth-order valence-corrected chi connectivity index (χ4v) is 7.32. The third kappa shape index (κ3) is 3.82. The van der Waals surface area contributed by atoms with Crippen LogP contribution < -0.4 is 0 Å². The number of hydrogen-bond acceptors (Lipinski definition) is 3. The number of alkyl halides is 3. The Morgan fingerprint density at radius 2 is 1.72 bits per heavy atom. The molecule has 7 heteroatoms. The lowest BCUT2D eigenvalue weighted by atomic mass is 9.49. The van der Waals surface area contributed by atoms with Gasteiger partial charge in [0, 0.05) is 19.2 Å². The normalized spacial score (nSPS) is 30.8. The van der Waals surface area contributed by atoms with Crippen LogP contribution in [0.5, 0.6) is 0 Å². The Labute approximate surface area is 173 Å². The highest BCUT2D eigenvalue weighted by molar-refractivity contribution is 7.98. The average Bonchev–Trinajstić information content (AvgIpc) is 2.98. The molecular weight excluding hydrogens is 395 g/mol. The summed E-state index contributed by atoms with van der Waals surface area (Å²) in [6.07, 6.45) is 4.96. The number of aromatic nitrogens is 3.